The van der Waals surface area contributed by atoms with Gasteiger partial charge in [0.1, 0.15) is 17.0 Å². The number of benzene rings is 3. The molecule has 2 heterocycles. The second-order valence-electron chi connectivity index (χ2n) is 10.2. The molecule has 2 aliphatic rings. The number of anilines is 1. The van der Waals surface area contributed by atoms with E-state index in [-0.39, 0.29) is 65.9 Å². The topological polar surface area (TPSA) is 81.2 Å². The van der Waals surface area contributed by atoms with Crippen molar-refractivity contribution in [1.29, 1.82) is 0 Å². The molecule has 8 nitrogen and oxygen atoms in total. The Morgan fingerprint density at radius 2 is 1.57 bits per heavy atom. The number of sulfonamides is 1. The van der Waals surface area contributed by atoms with Gasteiger partial charge < -0.3 is 14.7 Å². The molecular formula is C29H30Cl2N4O4S. The Morgan fingerprint density at radius 3 is 2.23 bits per heavy atom. The predicted octanol–water partition coefficient (Wildman–Crippen LogP) is 4.48. The average molecular weight is 602 g/mol. The van der Waals surface area contributed by atoms with E-state index in [0.717, 1.165) is 11.3 Å². The lowest BCUT2D eigenvalue weighted by Crippen LogP contribution is -2.57. The van der Waals surface area contributed by atoms with Crippen molar-refractivity contribution in [3.05, 3.63) is 94.5 Å². The van der Waals surface area contributed by atoms with Crippen LogP contribution in [-0.2, 0) is 26.2 Å². The van der Waals surface area contributed by atoms with Crippen LogP contribution in [0.4, 0.5) is 5.69 Å². The maximum atomic E-state index is 14.0. The fourth-order valence-corrected chi connectivity index (χ4v) is 7.64. The molecule has 0 bridgehead atoms. The van der Waals surface area contributed by atoms with Crippen LogP contribution in [0.3, 0.4) is 0 Å². The van der Waals surface area contributed by atoms with Gasteiger partial charge >= 0.3 is 0 Å². The Morgan fingerprint density at radius 1 is 0.950 bits per heavy atom. The first-order valence-electron chi connectivity index (χ1n) is 13.0. The van der Waals surface area contributed by atoms with Crippen molar-refractivity contribution in [3.63, 3.8) is 0 Å². The smallest absolute Gasteiger partial charge is 0.250 e. The minimum Gasteiger partial charge on any atom is -0.340 e. The van der Waals surface area contributed by atoms with Crippen molar-refractivity contribution in [2.75, 3.05) is 38.3 Å². The third-order valence-corrected chi connectivity index (χ3v) is 10.3. The van der Waals surface area contributed by atoms with Gasteiger partial charge in [-0.3, -0.25) is 9.59 Å². The summed E-state index contributed by atoms with van der Waals surface area (Å²) in [4.78, 5) is 32.3. The summed E-state index contributed by atoms with van der Waals surface area (Å²) < 4.78 is 28.3. The van der Waals surface area contributed by atoms with E-state index in [9.17, 15) is 18.0 Å². The quantitative estimate of drug-likeness (QED) is 0.399. The first-order valence-corrected chi connectivity index (χ1v) is 15.2. The van der Waals surface area contributed by atoms with Gasteiger partial charge in [-0.25, -0.2) is 8.42 Å². The highest BCUT2D eigenvalue weighted by Gasteiger charge is 2.55. The third-order valence-electron chi connectivity index (χ3n) is 7.66. The highest BCUT2D eigenvalue weighted by Crippen LogP contribution is 2.41. The summed E-state index contributed by atoms with van der Waals surface area (Å²) in [5, 5.41) is 0.368. The van der Waals surface area contributed by atoms with Gasteiger partial charge in [-0.2, -0.15) is 4.31 Å². The minimum atomic E-state index is -3.92. The molecule has 2 saturated heterocycles. The van der Waals surface area contributed by atoms with E-state index >= 15 is 0 Å². The summed E-state index contributed by atoms with van der Waals surface area (Å²) in [7, 11) is -2.19. The Bertz CT molecular complexity index is 1500. The zero-order valence-electron chi connectivity index (χ0n) is 22.0. The van der Waals surface area contributed by atoms with Crippen molar-refractivity contribution in [1.82, 2.24) is 14.1 Å². The van der Waals surface area contributed by atoms with E-state index in [1.54, 1.807) is 16.8 Å². The van der Waals surface area contributed by atoms with E-state index in [1.165, 1.54) is 22.5 Å². The summed E-state index contributed by atoms with van der Waals surface area (Å²) in [6.45, 7) is 0.855. The van der Waals surface area contributed by atoms with Gasteiger partial charge in [0.2, 0.25) is 21.8 Å². The van der Waals surface area contributed by atoms with E-state index in [4.69, 9.17) is 23.2 Å². The number of nitrogens with zero attached hydrogens (tertiary/aromatic N) is 4. The SMILES string of the molecule is CN(Cc1ccccc1)C(=O)CN1CN(c2ccccc2)C2(CCN(S(=O)(=O)c3cc(Cl)ccc3Cl)CC2)C1=O. The van der Waals surface area contributed by atoms with Crippen LogP contribution in [0.25, 0.3) is 0 Å². The van der Waals surface area contributed by atoms with Gasteiger partial charge in [0, 0.05) is 37.4 Å². The lowest BCUT2D eigenvalue weighted by Gasteiger charge is -2.42. The molecule has 210 valence electrons. The van der Waals surface area contributed by atoms with Crippen LogP contribution in [-0.4, -0.2) is 73.2 Å². The van der Waals surface area contributed by atoms with Crippen LogP contribution in [0.15, 0.2) is 83.8 Å². The first kappa shape index (κ1) is 28.4. The van der Waals surface area contributed by atoms with Crippen LogP contribution in [0, 0.1) is 0 Å². The number of piperidine rings is 1. The van der Waals surface area contributed by atoms with Gasteiger partial charge in [0.05, 0.1) is 11.7 Å². The van der Waals surface area contributed by atoms with E-state index in [1.807, 2.05) is 65.6 Å². The number of para-hydroxylation sites is 1. The Balaban J connectivity index is 1.36. The lowest BCUT2D eigenvalue weighted by molar-refractivity contribution is -0.140. The highest BCUT2D eigenvalue weighted by molar-refractivity contribution is 7.89. The number of rotatable bonds is 7. The van der Waals surface area contributed by atoms with E-state index < -0.39 is 15.6 Å². The monoisotopic (exact) mass is 600 g/mol. The number of carbonyl (C=O) groups is 2. The van der Waals surface area contributed by atoms with Crippen LogP contribution in [0.1, 0.15) is 18.4 Å². The fraction of sp³-hybridized carbons (Fsp3) is 0.310. The molecule has 0 aromatic heterocycles. The molecule has 3 aromatic carbocycles. The Kier molecular flexibility index (Phi) is 8.10. The average Bonchev–Trinajstić information content (AvgIpc) is 3.21. The molecule has 2 fully saturated rings. The summed E-state index contributed by atoms with van der Waals surface area (Å²) in [6, 6.07) is 23.6. The molecule has 0 atom stereocenters. The Hall–Kier alpha value is -3.11. The number of hydrogen-bond acceptors (Lipinski definition) is 5. The van der Waals surface area contributed by atoms with Crippen molar-refractivity contribution in [3.8, 4) is 0 Å². The molecular weight excluding hydrogens is 571 g/mol. The zero-order valence-corrected chi connectivity index (χ0v) is 24.4. The second-order valence-corrected chi connectivity index (χ2v) is 12.9. The lowest BCUT2D eigenvalue weighted by atomic mass is 9.86. The summed E-state index contributed by atoms with van der Waals surface area (Å²) in [5.74, 6) is -0.339. The highest BCUT2D eigenvalue weighted by atomic mass is 35.5. The van der Waals surface area contributed by atoms with Gasteiger partial charge in [0.25, 0.3) is 0 Å². The van der Waals surface area contributed by atoms with Crippen LogP contribution >= 0.6 is 23.2 Å². The van der Waals surface area contributed by atoms with Gasteiger partial charge in [-0.1, -0.05) is 71.7 Å². The molecule has 11 heteroatoms. The van der Waals surface area contributed by atoms with Crippen LogP contribution in [0.2, 0.25) is 10.0 Å². The predicted molar refractivity (Wildman–Crippen MR) is 156 cm³/mol. The zero-order chi connectivity index (χ0) is 28.5. The largest absolute Gasteiger partial charge is 0.340 e. The molecule has 40 heavy (non-hydrogen) atoms. The van der Waals surface area contributed by atoms with Gasteiger partial charge in [0.15, 0.2) is 0 Å². The molecule has 0 radical (unpaired) electrons. The molecule has 0 saturated carbocycles. The number of likely N-dealkylation sites (N-methyl/N-ethyl adjacent to an activating group) is 1. The molecule has 0 N–H and O–H groups in total. The number of carbonyl (C=O) groups excluding carboxylic acids is 2. The number of amides is 2. The maximum Gasteiger partial charge on any atom is 0.250 e. The summed E-state index contributed by atoms with van der Waals surface area (Å²) >= 11 is 12.3. The van der Waals surface area contributed by atoms with Gasteiger partial charge in [-0.05, 0) is 48.7 Å². The molecule has 0 unspecified atom stereocenters. The molecule has 0 aliphatic carbocycles. The van der Waals surface area contributed by atoms with E-state index in [2.05, 4.69) is 0 Å². The number of halogens is 2. The maximum absolute atomic E-state index is 14.0. The molecule has 1 spiro atoms. The standard InChI is InChI=1S/C29H30Cl2N4O4S/c1-32(19-22-8-4-2-5-9-22)27(36)20-33-21-35(24-10-6-3-7-11-24)29(28(33)37)14-16-34(17-15-29)40(38,39)26-18-23(30)12-13-25(26)31/h2-13,18H,14-17,19-21H2,1H3. The summed E-state index contributed by atoms with van der Waals surface area (Å²) in [6.07, 6.45) is 0.533. The van der Waals surface area contributed by atoms with Crippen molar-refractivity contribution < 1.29 is 18.0 Å². The van der Waals surface area contributed by atoms with Crippen molar-refractivity contribution in [2.45, 2.75) is 29.8 Å². The summed E-state index contributed by atoms with van der Waals surface area (Å²) in [5.41, 5.74) is 0.878. The second kappa shape index (κ2) is 11.4. The fourth-order valence-electron chi connectivity index (χ4n) is 5.46. The van der Waals surface area contributed by atoms with Crippen LogP contribution < -0.4 is 4.90 Å². The minimum absolute atomic E-state index is 0.0519. The normalized spacial score (nSPS) is 17.4. The molecule has 5 rings (SSSR count). The number of hydrogen-bond donors (Lipinski definition) is 0. The Labute approximate surface area is 244 Å². The van der Waals surface area contributed by atoms with E-state index in [0.29, 0.717) is 6.54 Å². The van der Waals surface area contributed by atoms with Gasteiger partial charge in [-0.15, -0.1) is 0 Å². The third kappa shape index (κ3) is 5.43. The first-order chi connectivity index (χ1) is 19.1. The molecule has 2 amide bonds. The van der Waals surface area contributed by atoms with Crippen molar-refractivity contribution >= 4 is 50.7 Å². The molecule has 3 aromatic rings. The molecule has 2 aliphatic heterocycles. The van der Waals surface area contributed by atoms with Crippen molar-refractivity contribution in [2.24, 2.45) is 0 Å². The van der Waals surface area contributed by atoms with Crippen LogP contribution in [0.5, 0.6) is 0 Å².